The van der Waals surface area contributed by atoms with Gasteiger partial charge < -0.3 is 4.90 Å². The molecule has 0 bridgehead atoms. The van der Waals surface area contributed by atoms with Crippen molar-refractivity contribution in [3.05, 3.63) is 29.8 Å². The molecule has 0 heterocycles. The Bertz CT molecular complexity index is 428. The van der Waals surface area contributed by atoms with Crippen LogP contribution in [0.25, 0.3) is 0 Å². The molecule has 1 amide bonds. The van der Waals surface area contributed by atoms with Crippen LogP contribution in [0.15, 0.2) is 29.2 Å². The molecule has 2 nitrogen and oxygen atoms in total. The molecule has 1 fully saturated rings. The van der Waals surface area contributed by atoms with Gasteiger partial charge in [0.15, 0.2) is 0 Å². The third-order valence-electron chi connectivity index (χ3n) is 3.75. The van der Waals surface area contributed by atoms with E-state index in [2.05, 4.69) is 26.0 Å². The summed E-state index contributed by atoms with van der Waals surface area (Å²) in [6, 6.07) is 8.62. The van der Waals surface area contributed by atoms with Gasteiger partial charge in [0.05, 0.1) is 5.75 Å². The maximum absolute atomic E-state index is 12.1. The van der Waals surface area contributed by atoms with Gasteiger partial charge in [-0.05, 0) is 44.2 Å². The zero-order valence-corrected chi connectivity index (χ0v) is 12.2. The molecular weight excluding hydrogens is 242 g/mol. The van der Waals surface area contributed by atoms with Crippen molar-refractivity contribution < 1.29 is 4.79 Å². The highest BCUT2D eigenvalue weighted by atomic mass is 32.2. The van der Waals surface area contributed by atoms with Crippen molar-refractivity contribution in [2.45, 2.75) is 37.6 Å². The van der Waals surface area contributed by atoms with Gasteiger partial charge in [-0.25, -0.2) is 0 Å². The summed E-state index contributed by atoms with van der Waals surface area (Å²) < 4.78 is 0. The minimum absolute atomic E-state index is 0.239. The standard InChI is InChI=1S/C15H21NOS/c1-11-6-4-5-7-14(11)18-10-15(17)16(3)12(2)13-8-9-13/h4-7,12-13H,8-10H2,1-3H3. The highest BCUT2D eigenvalue weighted by Crippen LogP contribution is 2.35. The third-order valence-corrected chi connectivity index (χ3v) is 4.91. The van der Waals surface area contributed by atoms with Crippen LogP contribution in [0, 0.1) is 12.8 Å². The van der Waals surface area contributed by atoms with Gasteiger partial charge in [-0.2, -0.15) is 0 Å². The normalized spacial score (nSPS) is 16.4. The molecule has 1 aliphatic rings. The Balaban J connectivity index is 1.86. The Morgan fingerprint density at radius 3 is 2.72 bits per heavy atom. The largest absolute Gasteiger partial charge is 0.342 e. The first-order valence-corrected chi connectivity index (χ1v) is 7.52. The highest BCUT2D eigenvalue weighted by Gasteiger charge is 2.32. The quantitative estimate of drug-likeness (QED) is 0.759. The summed E-state index contributed by atoms with van der Waals surface area (Å²) in [5, 5.41) is 0. The SMILES string of the molecule is Cc1ccccc1SCC(=O)N(C)C(C)C1CC1. The number of hydrogen-bond acceptors (Lipinski definition) is 2. The van der Waals surface area contributed by atoms with Gasteiger partial charge in [-0.1, -0.05) is 18.2 Å². The lowest BCUT2D eigenvalue weighted by atomic mass is 10.2. The monoisotopic (exact) mass is 263 g/mol. The van der Waals surface area contributed by atoms with E-state index in [1.54, 1.807) is 11.8 Å². The van der Waals surface area contributed by atoms with Gasteiger partial charge in [0, 0.05) is 18.0 Å². The van der Waals surface area contributed by atoms with Crippen molar-refractivity contribution in [1.29, 1.82) is 0 Å². The second kappa shape index (κ2) is 5.79. The van der Waals surface area contributed by atoms with E-state index in [1.807, 2.05) is 24.1 Å². The van der Waals surface area contributed by atoms with E-state index in [0.717, 1.165) is 5.92 Å². The molecule has 0 aliphatic heterocycles. The van der Waals surface area contributed by atoms with Crippen LogP contribution in [0.3, 0.4) is 0 Å². The second-order valence-corrected chi connectivity index (χ2v) is 6.15. The molecule has 3 heteroatoms. The first-order chi connectivity index (χ1) is 8.59. The molecule has 0 radical (unpaired) electrons. The predicted octanol–water partition coefficient (Wildman–Crippen LogP) is 3.34. The molecule has 0 saturated heterocycles. The third kappa shape index (κ3) is 3.29. The fourth-order valence-corrected chi connectivity index (χ4v) is 3.03. The zero-order chi connectivity index (χ0) is 13.1. The summed E-state index contributed by atoms with van der Waals surface area (Å²) in [4.78, 5) is 15.2. The Labute approximate surface area is 114 Å². The van der Waals surface area contributed by atoms with Crippen LogP contribution in [-0.2, 0) is 4.79 Å². The van der Waals surface area contributed by atoms with Crippen LogP contribution in [0.5, 0.6) is 0 Å². The summed E-state index contributed by atoms with van der Waals surface area (Å²) in [5.41, 5.74) is 1.24. The molecule has 0 spiro atoms. The van der Waals surface area contributed by atoms with E-state index in [4.69, 9.17) is 0 Å². The van der Waals surface area contributed by atoms with Crippen molar-refractivity contribution >= 4 is 17.7 Å². The Morgan fingerprint density at radius 1 is 1.44 bits per heavy atom. The molecular formula is C15H21NOS. The van der Waals surface area contributed by atoms with Gasteiger partial charge >= 0.3 is 0 Å². The van der Waals surface area contributed by atoms with Crippen molar-refractivity contribution in [1.82, 2.24) is 4.90 Å². The summed E-state index contributed by atoms with van der Waals surface area (Å²) in [7, 11) is 1.93. The van der Waals surface area contributed by atoms with E-state index >= 15 is 0 Å². The van der Waals surface area contributed by atoms with Gasteiger partial charge in [0.2, 0.25) is 5.91 Å². The number of benzene rings is 1. The lowest BCUT2D eigenvalue weighted by molar-refractivity contribution is -0.129. The van der Waals surface area contributed by atoms with E-state index < -0.39 is 0 Å². The molecule has 1 atom stereocenters. The summed E-state index contributed by atoms with van der Waals surface area (Å²) in [6.45, 7) is 4.25. The van der Waals surface area contributed by atoms with Crippen molar-refractivity contribution in [3.63, 3.8) is 0 Å². The number of carbonyl (C=O) groups excluding carboxylic acids is 1. The Kier molecular flexibility index (Phi) is 4.33. The van der Waals surface area contributed by atoms with E-state index in [1.165, 1.54) is 23.3 Å². The molecule has 2 rings (SSSR count). The van der Waals surface area contributed by atoms with Crippen LogP contribution in [-0.4, -0.2) is 29.6 Å². The number of rotatable bonds is 5. The fourth-order valence-electron chi connectivity index (χ4n) is 2.08. The average Bonchev–Trinajstić information content (AvgIpc) is 3.20. The van der Waals surface area contributed by atoms with Gasteiger partial charge in [0.1, 0.15) is 0 Å². The predicted molar refractivity (Wildman–Crippen MR) is 76.9 cm³/mol. The summed E-state index contributed by atoms with van der Waals surface area (Å²) in [6.07, 6.45) is 2.56. The lowest BCUT2D eigenvalue weighted by Gasteiger charge is -2.24. The van der Waals surface area contributed by atoms with Crippen LogP contribution >= 0.6 is 11.8 Å². The number of thioether (sulfide) groups is 1. The maximum atomic E-state index is 12.1. The Hall–Kier alpha value is -0.960. The van der Waals surface area contributed by atoms with Gasteiger partial charge in [-0.15, -0.1) is 11.8 Å². The number of amides is 1. The molecule has 1 aromatic rings. The average molecular weight is 263 g/mol. The molecule has 1 aliphatic carbocycles. The van der Waals surface area contributed by atoms with Gasteiger partial charge in [0.25, 0.3) is 0 Å². The molecule has 98 valence electrons. The summed E-state index contributed by atoms with van der Waals surface area (Å²) >= 11 is 1.64. The molecule has 0 N–H and O–H groups in total. The van der Waals surface area contributed by atoms with E-state index in [-0.39, 0.29) is 5.91 Å². The van der Waals surface area contributed by atoms with E-state index in [9.17, 15) is 4.79 Å². The minimum Gasteiger partial charge on any atom is -0.342 e. The van der Waals surface area contributed by atoms with Crippen LogP contribution in [0.2, 0.25) is 0 Å². The zero-order valence-electron chi connectivity index (χ0n) is 11.3. The number of nitrogens with zero attached hydrogens (tertiary/aromatic N) is 1. The van der Waals surface area contributed by atoms with Crippen molar-refractivity contribution in [2.24, 2.45) is 5.92 Å². The molecule has 1 unspecified atom stereocenters. The molecule has 0 aromatic heterocycles. The fraction of sp³-hybridized carbons (Fsp3) is 0.533. The molecule has 18 heavy (non-hydrogen) atoms. The first kappa shape index (κ1) is 13.5. The minimum atomic E-state index is 0.239. The van der Waals surface area contributed by atoms with Gasteiger partial charge in [-0.3, -0.25) is 4.79 Å². The highest BCUT2D eigenvalue weighted by molar-refractivity contribution is 8.00. The van der Waals surface area contributed by atoms with Crippen LogP contribution in [0.4, 0.5) is 0 Å². The first-order valence-electron chi connectivity index (χ1n) is 6.53. The topological polar surface area (TPSA) is 20.3 Å². The smallest absolute Gasteiger partial charge is 0.232 e. The maximum Gasteiger partial charge on any atom is 0.232 e. The Morgan fingerprint density at radius 2 is 2.11 bits per heavy atom. The molecule has 1 saturated carbocycles. The van der Waals surface area contributed by atoms with E-state index in [0.29, 0.717) is 11.8 Å². The summed E-state index contributed by atoms with van der Waals surface area (Å²) in [5.74, 6) is 1.52. The lowest BCUT2D eigenvalue weighted by Crippen LogP contribution is -2.37. The van der Waals surface area contributed by atoms with Crippen LogP contribution in [0.1, 0.15) is 25.3 Å². The second-order valence-electron chi connectivity index (χ2n) is 5.14. The van der Waals surface area contributed by atoms with Crippen LogP contribution < -0.4 is 0 Å². The number of hydrogen-bond donors (Lipinski definition) is 0. The molecule has 1 aromatic carbocycles. The van der Waals surface area contributed by atoms with Crippen molar-refractivity contribution in [3.8, 4) is 0 Å². The van der Waals surface area contributed by atoms with Crippen molar-refractivity contribution in [2.75, 3.05) is 12.8 Å². The number of carbonyl (C=O) groups is 1. The number of aryl methyl sites for hydroxylation is 1.